The first-order valence-corrected chi connectivity index (χ1v) is 6.96. The Morgan fingerprint density at radius 2 is 2.28 bits per heavy atom. The second-order valence-corrected chi connectivity index (χ2v) is 5.45. The van der Waals surface area contributed by atoms with Crippen molar-refractivity contribution in [2.75, 3.05) is 7.05 Å². The Hall–Kier alpha value is -1.23. The van der Waals surface area contributed by atoms with Crippen LogP contribution in [0.25, 0.3) is 0 Å². The molecule has 0 spiro atoms. The Morgan fingerprint density at radius 3 is 2.94 bits per heavy atom. The highest BCUT2D eigenvalue weighted by Crippen LogP contribution is 2.24. The van der Waals surface area contributed by atoms with Crippen molar-refractivity contribution in [2.24, 2.45) is 5.73 Å². The highest BCUT2D eigenvalue weighted by atomic mass is 32.1. The van der Waals surface area contributed by atoms with E-state index in [0.717, 1.165) is 12.2 Å². The van der Waals surface area contributed by atoms with Gasteiger partial charge in [-0.25, -0.2) is 0 Å². The molecule has 0 fully saturated rings. The van der Waals surface area contributed by atoms with Crippen LogP contribution in [-0.4, -0.2) is 16.9 Å². The number of nitrogens with zero attached hydrogens (tertiary/aromatic N) is 2. The normalized spacial score (nSPS) is 12.9. The molecule has 2 N–H and O–H groups in total. The fourth-order valence-electron chi connectivity index (χ4n) is 1.91. The molecule has 3 nitrogen and oxygen atoms in total. The summed E-state index contributed by atoms with van der Waals surface area (Å²) in [4.78, 5) is 7.95. The molecule has 0 aromatic carbocycles. The number of hydrogen-bond acceptors (Lipinski definition) is 4. The quantitative estimate of drug-likeness (QED) is 0.900. The smallest absolute Gasteiger partial charge is 0.0542 e. The summed E-state index contributed by atoms with van der Waals surface area (Å²) in [5.41, 5.74) is 7.82. The van der Waals surface area contributed by atoms with Gasteiger partial charge in [0.1, 0.15) is 0 Å². The molecule has 1 unspecified atom stereocenters. The SMILES string of the molecule is CC(c1cccs1)N(C)Cc1ccnc(CN)c1. The zero-order chi connectivity index (χ0) is 13.0. The molecule has 0 amide bonds. The summed E-state index contributed by atoms with van der Waals surface area (Å²) in [5, 5.41) is 2.12. The molecular weight excluding hydrogens is 242 g/mol. The highest BCUT2D eigenvalue weighted by molar-refractivity contribution is 7.10. The summed E-state index contributed by atoms with van der Waals surface area (Å²) in [6.07, 6.45) is 1.83. The minimum atomic E-state index is 0.430. The monoisotopic (exact) mass is 261 g/mol. The molecular formula is C14H19N3S. The zero-order valence-electron chi connectivity index (χ0n) is 10.8. The summed E-state index contributed by atoms with van der Waals surface area (Å²) in [5.74, 6) is 0. The fraction of sp³-hybridized carbons (Fsp3) is 0.357. The van der Waals surface area contributed by atoms with Gasteiger partial charge in [0.15, 0.2) is 0 Å². The molecule has 0 saturated heterocycles. The van der Waals surface area contributed by atoms with Crippen LogP contribution in [0.3, 0.4) is 0 Å². The second-order valence-electron chi connectivity index (χ2n) is 4.47. The number of thiophene rings is 1. The van der Waals surface area contributed by atoms with Crippen LogP contribution in [0.5, 0.6) is 0 Å². The van der Waals surface area contributed by atoms with Crippen LogP contribution in [0.15, 0.2) is 35.8 Å². The molecule has 4 heteroatoms. The van der Waals surface area contributed by atoms with Crippen molar-refractivity contribution >= 4 is 11.3 Å². The van der Waals surface area contributed by atoms with E-state index < -0.39 is 0 Å². The van der Waals surface area contributed by atoms with Crippen LogP contribution < -0.4 is 5.73 Å². The van der Waals surface area contributed by atoms with E-state index in [2.05, 4.69) is 53.5 Å². The summed E-state index contributed by atoms with van der Waals surface area (Å²) < 4.78 is 0. The van der Waals surface area contributed by atoms with Gasteiger partial charge in [0.2, 0.25) is 0 Å². The van der Waals surface area contributed by atoms with E-state index in [4.69, 9.17) is 5.73 Å². The van der Waals surface area contributed by atoms with Gasteiger partial charge in [-0.2, -0.15) is 0 Å². The molecule has 0 aliphatic rings. The Balaban J connectivity index is 2.04. The Labute approximate surface area is 112 Å². The molecule has 2 heterocycles. The minimum Gasteiger partial charge on any atom is -0.325 e. The average molecular weight is 261 g/mol. The average Bonchev–Trinajstić information content (AvgIpc) is 2.92. The van der Waals surface area contributed by atoms with Gasteiger partial charge in [0.05, 0.1) is 5.69 Å². The summed E-state index contributed by atoms with van der Waals surface area (Å²) in [6.45, 7) is 3.64. The summed E-state index contributed by atoms with van der Waals surface area (Å²) >= 11 is 1.80. The number of nitrogens with two attached hydrogens (primary N) is 1. The van der Waals surface area contributed by atoms with Gasteiger partial charge in [-0.3, -0.25) is 9.88 Å². The van der Waals surface area contributed by atoms with Gasteiger partial charge in [-0.15, -0.1) is 11.3 Å². The molecule has 0 saturated carbocycles. The number of aromatic nitrogens is 1. The molecule has 18 heavy (non-hydrogen) atoms. The fourth-order valence-corrected chi connectivity index (χ4v) is 2.76. The Bertz CT molecular complexity index is 482. The third-order valence-electron chi connectivity index (χ3n) is 3.14. The lowest BCUT2D eigenvalue weighted by atomic mass is 10.2. The molecule has 0 aliphatic carbocycles. The predicted octanol–water partition coefficient (Wildman–Crippen LogP) is 2.79. The van der Waals surface area contributed by atoms with Crippen molar-refractivity contribution in [3.63, 3.8) is 0 Å². The van der Waals surface area contributed by atoms with Crippen molar-refractivity contribution in [3.8, 4) is 0 Å². The van der Waals surface area contributed by atoms with Crippen LogP contribution in [0.4, 0.5) is 0 Å². The van der Waals surface area contributed by atoms with E-state index in [9.17, 15) is 0 Å². The first kappa shape index (κ1) is 13.2. The van der Waals surface area contributed by atoms with Crippen molar-refractivity contribution in [2.45, 2.75) is 26.1 Å². The van der Waals surface area contributed by atoms with Crippen molar-refractivity contribution < 1.29 is 0 Å². The topological polar surface area (TPSA) is 42.2 Å². The maximum atomic E-state index is 5.61. The number of rotatable bonds is 5. The van der Waals surface area contributed by atoms with Gasteiger partial charge in [0.25, 0.3) is 0 Å². The molecule has 1 atom stereocenters. The Morgan fingerprint density at radius 1 is 1.44 bits per heavy atom. The van der Waals surface area contributed by atoms with E-state index in [-0.39, 0.29) is 0 Å². The standard InChI is InChI=1S/C14H19N3S/c1-11(14-4-3-7-18-14)17(2)10-12-5-6-16-13(8-12)9-15/h3-8,11H,9-10,15H2,1-2H3. The van der Waals surface area contributed by atoms with Crippen molar-refractivity contribution in [1.82, 2.24) is 9.88 Å². The maximum Gasteiger partial charge on any atom is 0.0542 e. The van der Waals surface area contributed by atoms with Crippen LogP contribution in [0.2, 0.25) is 0 Å². The first-order chi connectivity index (χ1) is 8.70. The molecule has 0 bridgehead atoms. The summed E-state index contributed by atoms with van der Waals surface area (Å²) in [6, 6.07) is 8.85. The van der Waals surface area contributed by atoms with E-state index in [1.54, 1.807) is 11.3 Å². The van der Waals surface area contributed by atoms with Gasteiger partial charge < -0.3 is 5.73 Å². The van der Waals surface area contributed by atoms with Gasteiger partial charge in [-0.1, -0.05) is 6.07 Å². The molecule has 96 valence electrons. The zero-order valence-corrected chi connectivity index (χ0v) is 11.7. The first-order valence-electron chi connectivity index (χ1n) is 6.08. The largest absolute Gasteiger partial charge is 0.325 e. The van der Waals surface area contributed by atoms with E-state index in [1.165, 1.54) is 10.4 Å². The predicted molar refractivity (Wildman–Crippen MR) is 76.3 cm³/mol. The van der Waals surface area contributed by atoms with Gasteiger partial charge in [-0.05, 0) is 43.1 Å². The van der Waals surface area contributed by atoms with Crippen molar-refractivity contribution in [3.05, 3.63) is 52.0 Å². The van der Waals surface area contributed by atoms with Crippen LogP contribution in [0.1, 0.15) is 29.1 Å². The Kier molecular flexibility index (Phi) is 4.47. The molecule has 0 radical (unpaired) electrons. The van der Waals surface area contributed by atoms with Gasteiger partial charge in [0, 0.05) is 30.2 Å². The number of hydrogen-bond donors (Lipinski definition) is 1. The molecule has 2 aromatic rings. The summed E-state index contributed by atoms with van der Waals surface area (Å²) in [7, 11) is 2.15. The third-order valence-corrected chi connectivity index (χ3v) is 4.18. The lowest BCUT2D eigenvalue weighted by Crippen LogP contribution is -2.21. The van der Waals surface area contributed by atoms with Crippen molar-refractivity contribution in [1.29, 1.82) is 0 Å². The molecule has 2 rings (SSSR count). The van der Waals surface area contributed by atoms with Crippen LogP contribution in [-0.2, 0) is 13.1 Å². The molecule has 0 aliphatic heterocycles. The van der Waals surface area contributed by atoms with E-state index >= 15 is 0 Å². The third kappa shape index (κ3) is 3.16. The van der Waals surface area contributed by atoms with Crippen LogP contribution >= 0.6 is 11.3 Å². The second kappa shape index (κ2) is 6.09. The maximum absolute atomic E-state index is 5.61. The van der Waals surface area contributed by atoms with Crippen LogP contribution in [0, 0.1) is 0 Å². The highest BCUT2D eigenvalue weighted by Gasteiger charge is 2.12. The minimum absolute atomic E-state index is 0.430. The van der Waals surface area contributed by atoms with E-state index in [1.807, 2.05) is 6.20 Å². The van der Waals surface area contributed by atoms with E-state index in [0.29, 0.717) is 12.6 Å². The lowest BCUT2D eigenvalue weighted by molar-refractivity contribution is 0.256. The molecule has 2 aromatic heterocycles. The number of pyridine rings is 1. The lowest BCUT2D eigenvalue weighted by Gasteiger charge is -2.23. The van der Waals surface area contributed by atoms with Gasteiger partial charge >= 0.3 is 0 Å².